The minimum atomic E-state index is -3.18. The summed E-state index contributed by atoms with van der Waals surface area (Å²) < 4.78 is 28.6. The van der Waals surface area contributed by atoms with Crippen molar-refractivity contribution in [3.05, 3.63) is 41.8 Å². The Balaban J connectivity index is 0.00000300. The van der Waals surface area contributed by atoms with Crippen LogP contribution in [0.15, 0.2) is 51.7 Å². The Kier molecular flexibility index (Phi) is 9.03. The van der Waals surface area contributed by atoms with Gasteiger partial charge < -0.3 is 19.9 Å². The van der Waals surface area contributed by atoms with Gasteiger partial charge in [0.05, 0.1) is 16.4 Å². The number of aliphatic imine (C=N–C) groups is 1. The Hall–Kier alpha value is -1.53. The second kappa shape index (κ2) is 11.0. The van der Waals surface area contributed by atoms with Crippen molar-refractivity contribution in [2.75, 3.05) is 57.5 Å². The third kappa shape index (κ3) is 6.75. The number of halogens is 1. The quantitative estimate of drug-likeness (QED) is 0.258. The highest BCUT2D eigenvalue weighted by atomic mass is 127. The van der Waals surface area contributed by atoms with E-state index in [1.165, 1.54) is 11.3 Å². The van der Waals surface area contributed by atoms with Crippen LogP contribution in [-0.4, -0.2) is 71.9 Å². The summed E-state index contributed by atoms with van der Waals surface area (Å²) in [6.45, 7) is 4.88. The summed E-state index contributed by atoms with van der Waals surface area (Å²) in [5.74, 6) is 1.52. The number of nitrogens with one attached hydrogen (secondary N) is 1. The average molecular weight is 550 g/mol. The standard InChI is InChI=1S/C19H26N4O3S2.HI/c1-20-19(23-12-10-22(11-13-23)18-4-3-15-27-18)21-9-14-26-16-5-7-17(8-6-16)28(2,24)25;/h3-8,15H,9-14H2,1-2H3,(H,20,21);1H. The van der Waals surface area contributed by atoms with Gasteiger partial charge in [-0.1, -0.05) is 0 Å². The normalized spacial score (nSPS) is 15.0. The molecular weight excluding hydrogens is 523 g/mol. The van der Waals surface area contributed by atoms with E-state index in [2.05, 4.69) is 37.6 Å². The summed E-state index contributed by atoms with van der Waals surface area (Å²) in [7, 11) is -1.39. The van der Waals surface area contributed by atoms with E-state index < -0.39 is 9.84 Å². The Labute approximate surface area is 193 Å². The van der Waals surface area contributed by atoms with Gasteiger partial charge in [0.25, 0.3) is 0 Å². The van der Waals surface area contributed by atoms with E-state index in [0.717, 1.165) is 32.1 Å². The lowest BCUT2D eigenvalue weighted by molar-refractivity contribution is 0.315. The van der Waals surface area contributed by atoms with Gasteiger partial charge in [0.1, 0.15) is 12.4 Å². The lowest BCUT2D eigenvalue weighted by Gasteiger charge is -2.37. The molecule has 0 bridgehead atoms. The van der Waals surface area contributed by atoms with Crippen molar-refractivity contribution in [1.82, 2.24) is 10.2 Å². The maximum absolute atomic E-state index is 11.5. The number of piperazine rings is 1. The summed E-state index contributed by atoms with van der Waals surface area (Å²) in [6.07, 6.45) is 1.19. The molecule has 160 valence electrons. The van der Waals surface area contributed by atoms with Gasteiger partial charge in [-0.15, -0.1) is 35.3 Å². The average Bonchev–Trinajstić information content (AvgIpc) is 3.23. The molecule has 0 saturated carbocycles. The number of anilines is 1. The van der Waals surface area contributed by atoms with Crippen LogP contribution in [0, 0.1) is 0 Å². The maximum Gasteiger partial charge on any atom is 0.193 e. The minimum absolute atomic E-state index is 0. The highest BCUT2D eigenvalue weighted by Gasteiger charge is 2.20. The molecule has 3 rings (SSSR count). The number of hydrogen-bond donors (Lipinski definition) is 1. The third-order valence-electron chi connectivity index (χ3n) is 4.51. The Morgan fingerprint density at radius 1 is 1.17 bits per heavy atom. The third-order valence-corrected chi connectivity index (χ3v) is 6.57. The minimum Gasteiger partial charge on any atom is -0.492 e. The molecule has 0 unspecified atom stereocenters. The predicted octanol–water partition coefficient (Wildman–Crippen LogP) is 2.55. The lowest BCUT2D eigenvalue weighted by atomic mass is 10.3. The molecule has 1 aliphatic rings. The molecule has 0 amide bonds. The Morgan fingerprint density at radius 2 is 1.86 bits per heavy atom. The highest BCUT2D eigenvalue weighted by Crippen LogP contribution is 2.22. The molecule has 0 atom stereocenters. The molecule has 1 aromatic carbocycles. The highest BCUT2D eigenvalue weighted by molar-refractivity contribution is 14.0. The predicted molar refractivity (Wildman–Crippen MR) is 130 cm³/mol. The van der Waals surface area contributed by atoms with Gasteiger partial charge in [-0.05, 0) is 41.8 Å². The van der Waals surface area contributed by atoms with Crippen LogP contribution in [0.25, 0.3) is 0 Å². The van der Waals surface area contributed by atoms with E-state index >= 15 is 0 Å². The smallest absolute Gasteiger partial charge is 0.193 e. The number of guanidine groups is 1. The van der Waals surface area contributed by atoms with Crippen LogP contribution in [0.4, 0.5) is 5.00 Å². The second-order valence-electron chi connectivity index (χ2n) is 6.49. The van der Waals surface area contributed by atoms with Gasteiger partial charge in [-0.3, -0.25) is 4.99 Å². The van der Waals surface area contributed by atoms with Crippen LogP contribution >= 0.6 is 35.3 Å². The van der Waals surface area contributed by atoms with Crippen molar-refractivity contribution < 1.29 is 13.2 Å². The topological polar surface area (TPSA) is 74.2 Å². The first-order chi connectivity index (χ1) is 13.5. The molecule has 7 nitrogen and oxygen atoms in total. The molecule has 1 N–H and O–H groups in total. The number of ether oxygens (including phenoxy) is 1. The van der Waals surface area contributed by atoms with Gasteiger partial charge in [-0.25, -0.2) is 8.42 Å². The van der Waals surface area contributed by atoms with Gasteiger partial charge >= 0.3 is 0 Å². The molecule has 0 aliphatic carbocycles. The zero-order valence-corrected chi connectivity index (χ0v) is 20.5. The van der Waals surface area contributed by atoms with E-state index in [-0.39, 0.29) is 24.0 Å². The molecule has 0 spiro atoms. The van der Waals surface area contributed by atoms with E-state index in [9.17, 15) is 8.42 Å². The van der Waals surface area contributed by atoms with Crippen molar-refractivity contribution in [3.63, 3.8) is 0 Å². The molecular formula is C19H27IN4O3S2. The Bertz CT molecular complexity index is 879. The Morgan fingerprint density at radius 3 is 2.41 bits per heavy atom. The molecule has 10 heteroatoms. The van der Waals surface area contributed by atoms with E-state index in [0.29, 0.717) is 23.8 Å². The second-order valence-corrected chi connectivity index (χ2v) is 9.43. The van der Waals surface area contributed by atoms with Crippen LogP contribution in [0.2, 0.25) is 0 Å². The molecule has 1 saturated heterocycles. The SMILES string of the molecule is CN=C(NCCOc1ccc(S(C)(=O)=O)cc1)N1CCN(c2cccs2)CC1.I. The lowest BCUT2D eigenvalue weighted by Crippen LogP contribution is -2.52. The first-order valence-electron chi connectivity index (χ1n) is 9.14. The summed E-state index contributed by atoms with van der Waals surface area (Å²) in [4.78, 5) is 9.32. The van der Waals surface area contributed by atoms with Gasteiger partial charge in [0, 0.05) is 39.5 Å². The number of rotatable bonds is 6. The molecule has 2 aromatic rings. The van der Waals surface area contributed by atoms with Crippen molar-refractivity contribution in [1.29, 1.82) is 0 Å². The van der Waals surface area contributed by atoms with Crippen LogP contribution in [0.5, 0.6) is 5.75 Å². The van der Waals surface area contributed by atoms with Gasteiger partial charge in [0.15, 0.2) is 15.8 Å². The molecule has 0 radical (unpaired) electrons. The molecule has 29 heavy (non-hydrogen) atoms. The van der Waals surface area contributed by atoms with Crippen LogP contribution < -0.4 is 15.0 Å². The van der Waals surface area contributed by atoms with E-state index in [1.807, 2.05) is 0 Å². The molecule has 1 aromatic heterocycles. The summed E-state index contributed by atoms with van der Waals surface area (Å²) >= 11 is 1.77. The van der Waals surface area contributed by atoms with Crippen molar-refractivity contribution in [2.45, 2.75) is 4.90 Å². The summed E-state index contributed by atoms with van der Waals surface area (Å²) in [5, 5.41) is 6.76. The molecule has 1 aliphatic heterocycles. The number of benzene rings is 1. The van der Waals surface area contributed by atoms with Crippen LogP contribution in [0.1, 0.15) is 0 Å². The maximum atomic E-state index is 11.5. The summed E-state index contributed by atoms with van der Waals surface area (Å²) in [5.41, 5.74) is 0. The first kappa shape index (κ1) is 23.7. The molecule has 2 heterocycles. The van der Waals surface area contributed by atoms with E-state index in [4.69, 9.17) is 4.74 Å². The van der Waals surface area contributed by atoms with Crippen LogP contribution in [-0.2, 0) is 9.84 Å². The van der Waals surface area contributed by atoms with Gasteiger partial charge in [-0.2, -0.15) is 0 Å². The fourth-order valence-electron chi connectivity index (χ4n) is 3.04. The number of nitrogens with zero attached hydrogens (tertiary/aromatic N) is 3. The van der Waals surface area contributed by atoms with Crippen molar-refractivity contribution in [2.24, 2.45) is 4.99 Å². The fourth-order valence-corrected chi connectivity index (χ4v) is 4.45. The largest absolute Gasteiger partial charge is 0.492 e. The zero-order valence-electron chi connectivity index (χ0n) is 16.6. The zero-order chi connectivity index (χ0) is 20.0. The van der Waals surface area contributed by atoms with E-state index in [1.54, 1.807) is 42.6 Å². The van der Waals surface area contributed by atoms with Crippen LogP contribution in [0.3, 0.4) is 0 Å². The number of thiophene rings is 1. The summed E-state index contributed by atoms with van der Waals surface area (Å²) in [6, 6.07) is 10.7. The monoisotopic (exact) mass is 550 g/mol. The van der Waals surface area contributed by atoms with Crippen molar-refractivity contribution in [3.8, 4) is 5.75 Å². The van der Waals surface area contributed by atoms with Crippen molar-refractivity contribution >= 4 is 56.1 Å². The number of sulfone groups is 1. The van der Waals surface area contributed by atoms with Gasteiger partial charge in [0.2, 0.25) is 0 Å². The fraction of sp³-hybridized carbons (Fsp3) is 0.421. The number of hydrogen-bond acceptors (Lipinski definition) is 6. The molecule has 1 fully saturated rings. The first-order valence-corrected chi connectivity index (χ1v) is 11.9.